The lowest BCUT2D eigenvalue weighted by atomic mass is 9.52. The van der Waals surface area contributed by atoms with E-state index in [4.69, 9.17) is 34.0 Å². The molecule has 0 bridgehead atoms. The smallest absolute Gasteiger partial charge is 0.275 e. The SMILES string of the molecule is [B]C([B])([B])Oc1cnc(C(=O)Nc2ccc(F)c(C3CCC(CF)C(N)=N3)c2)cn1. The zero-order valence-electron chi connectivity index (χ0n) is 15.9. The van der Waals surface area contributed by atoms with Crippen molar-refractivity contribution in [2.75, 3.05) is 12.0 Å². The maximum absolute atomic E-state index is 14.3. The zero-order valence-corrected chi connectivity index (χ0v) is 15.9. The summed E-state index contributed by atoms with van der Waals surface area (Å²) in [5.41, 5.74) is 6.33. The van der Waals surface area contributed by atoms with E-state index in [0.29, 0.717) is 18.5 Å². The number of nitrogens with one attached hydrogen (secondary N) is 1. The summed E-state index contributed by atoms with van der Waals surface area (Å²) in [4.78, 5) is 24.4. The normalized spacial score (nSPS) is 19.1. The second kappa shape index (κ2) is 8.85. The number of benzene rings is 1. The number of nitrogens with two attached hydrogens (primary N) is 1. The number of ether oxygens (including phenoxy) is 1. The van der Waals surface area contributed by atoms with Gasteiger partial charge < -0.3 is 15.8 Å². The molecule has 6 radical (unpaired) electrons. The molecule has 7 nitrogen and oxygen atoms in total. The summed E-state index contributed by atoms with van der Waals surface area (Å²) in [5.74, 6) is -1.43. The van der Waals surface area contributed by atoms with Gasteiger partial charge in [0.05, 0.1) is 25.1 Å². The molecule has 2 aromatic rings. The number of alkyl halides is 1. The standard InChI is InChI=1S/C18H16B3F2N5O2/c19-18(20,21)30-15-8-25-14(7-26-15)17(29)27-10-2-3-12(23)11(5-10)13-4-1-9(6-22)16(24)28-13/h2-3,5,7-9,13H,1,4,6H2,(H2,24,28)(H,27,29). The topological polar surface area (TPSA) is 102 Å². The third-order valence-electron chi connectivity index (χ3n) is 4.45. The molecule has 0 saturated carbocycles. The zero-order chi connectivity index (χ0) is 21.9. The van der Waals surface area contributed by atoms with E-state index in [1.54, 1.807) is 0 Å². The van der Waals surface area contributed by atoms with Crippen molar-refractivity contribution < 1.29 is 18.3 Å². The Bertz CT molecular complexity index is 954. The van der Waals surface area contributed by atoms with Crippen LogP contribution in [-0.2, 0) is 0 Å². The van der Waals surface area contributed by atoms with Crippen LogP contribution in [0, 0.1) is 11.7 Å². The molecule has 3 rings (SSSR count). The molecule has 30 heavy (non-hydrogen) atoms. The third kappa shape index (κ3) is 5.37. The van der Waals surface area contributed by atoms with Gasteiger partial charge in [-0.2, -0.15) is 0 Å². The van der Waals surface area contributed by atoms with E-state index < -0.39 is 35.7 Å². The van der Waals surface area contributed by atoms with E-state index in [9.17, 15) is 13.6 Å². The van der Waals surface area contributed by atoms with Gasteiger partial charge in [-0.25, -0.2) is 14.4 Å². The molecule has 2 heterocycles. The third-order valence-corrected chi connectivity index (χ3v) is 4.45. The van der Waals surface area contributed by atoms with E-state index >= 15 is 0 Å². The summed E-state index contributed by atoms with van der Waals surface area (Å²) in [6.45, 7) is -0.603. The van der Waals surface area contributed by atoms with Gasteiger partial charge in [-0.1, -0.05) is 0 Å². The minimum absolute atomic E-state index is 0.0318. The fourth-order valence-electron chi connectivity index (χ4n) is 2.98. The highest BCUT2D eigenvalue weighted by Gasteiger charge is 2.26. The van der Waals surface area contributed by atoms with Crippen LogP contribution in [0.25, 0.3) is 0 Å². The molecule has 148 valence electrons. The number of hydrogen-bond donors (Lipinski definition) is 2. The molecule has 1 aromatic heterocycles. The predicted molar refractivity (Wildman–Crippen MR) is 110 cm³/mol. The van der Waals surface area contributed by atoms with Crippen molar-refractivity contribution in [2.45, 2.75) is 24.2 Å². The highest BCUT2D eigenvalue weighted by Crippen LogP contribution is 2.33. The molecule has 1 aliphatic heterocycles. The van der Waals surface area contributed by atoms with Gasteiger partial charge in [0.1, 0.15) is 40.9 Å². The van der Waals surface area contributed by atoms with Gasteiger partial charge in [-0.05, 0) is 36.3 Å². The van der Waals surface area contributed by atoms with Crippen LogP contribution in [0.1, 0.15) is 34.9 Å². The van der Waals surface area contributed by atoms with Crippen LogP contribution in [0.4, 0.5) is 14.5 Å². The molecule has 3 N–H and O–H groups in total. The maximum atomic E-state index is 14.3. The number of anilines is 1. The van der Waals surface area contributed by atoms with E-state index in [0.717, 1.165) is 12.4 Å². The molecule has 0 fully saturated rings. The lowest BCUT2D eigenvalue weighted by Crippen LogP contribution is -2.37. The number of hydrogen-bond acceptors (Lipinski definition) is 6. The highest BCUT2D eigenvalue weighted by atomic mass is 19.1. The number of halogens is 2. The molecule has 0 spiro atoms. The fourth-order valence-corrected chi connectivity index (χ4v) is 2.98. The average Bonchev–Trinajstić information content (AvgIpc) is 2.68. The second-order valence-corrected chi connectivity index (χ2v) is 6.88. The quantitative estimate of drug-likeness (QED) is 0.703. The summed E-state index contributed by atoms with van der Waals surface area (Å²) in [5, 5.41) is 0.669. The van der Waals surface area contributed by atoms with Crippen molar-refractivity contribution >= 4 is 41.0 Å². The molecule has 0 aliphatic carbocycles. The van der Waals surface area contributed by atoms with Crippen molar-refractivity contribution in [1.82, 2.24) is 9.97 Å². The molecule has 0 saturated heterocycles. The van der Waals surface area contributed by atoms with Crippen molar-refractivity contribution in [3.05, 3.63) is 47.7 Å². The molecule has 2 unspecified atom stereocenters. The van der Waals surface area contributed by atoms with Crippen molar-refractivity contribution in [3.63, 3.8) is 0 Å². The summed E-state index contributed by atoms with van der Waals surface area (Å²) in [7, 11) is 15.9. The van der Waals surface area contributed by atoms with Crippen LogP contribution in [0.3, 0.4) is 0 Å². The minimum Gasteiger partial charge on any atom is -0.500 e. The molecule has 1 amide bonds. The number of nitrogens with zero attached hydrogens (tertiary/aromatic N) is 3. The van der Waals surface area contributed by atoms with Crippen LogP contribution < -0.4 is 15.8 Å². The number of aliphatic imine (C=N–C) groups is 1. The first-order valence-corrected chi connectivity index (χ1v) is 9.04. The Morgan fingerprint density at radius 1 is 1.27 bits per heavy atom. The van der Waals surface area contributed by atoms with Crippen LogP contribution in [0.2, 0.25) is 0 Å². The molecular weight excluding hydrogens is 389 g/mol. The van der Waals surface area contributed by atoms with Gasteiger partial charge in [0.25, 0.3) is 5.91 Å². The first-order chi connectivity index (χ1) is 14.2. The molecule has 1 aliphatic rings. The molecule has 2 atom stereocenters. The molecule has 12 heteroatoms. The maximum Gasteiger partial charge on any atom is 0.275 e. The van der Waals surface area contributed by atoms with Crippen LogP contribution >= 0.6 is 0 Å². The lowest BCUT2D eigenvalue weighted by Gasteiger charge is -2.24. The van der Waals surface area contributed by atoms with E-state index in [1.807, 2.05) is 0 Å². The summed E-state index contributed by atoms with van der Waals surface area (Å²) in [6, 6.07) is 3.52. The Labute approximate surface area is 176 Å². The number of aromatic nitrogens is 2. The Hall–Kier alpha value is -2.91. The fraction of sp³-hybridized carbons (Fsp3) is 0.333. The second-order valence-electron chi connectivity index (χ2n) is 6.88. The van der Waals surface area contributed by atoms with Crippen molar-refractivity contribution in [3.8, 4) is 5.88 Å². The first-order valence-electron chi connectivity index (χ1n) is 9.04. The number of rotatable bonds is 6. The Morgan fingerprint density at radius 2 is 2.03 bits per heavy atom. The van der Waals surface area contributed by atoms with Gasteiger partial charge in [0.2, 0.25) is 5.88 Å². The minimum atomic E-state index is -1.93. The predicted octanol–water partition coefficient (Wildman–Crippen LogP) is 1.14. The number of carbonyl (C=O) groups is 1. The van der Waals surface area contributed by atoms with E-state index in [1.165, 1.54) is 18.2 Å². The molecule has 1 aromatic carbocycles. The first kappa shape index (κ1) is 21.8. The number of carbonyl (C=O) groups excluding carboxylic acids is 1. The van der Waals surface area contributed by atoms with Crippen LogP contribution in [0.15, 0.2) is 35.6 Å². The van der Waals surface area contributed by atoms with E-state index in [-0.39, 0.29) is 23.0 Å². The van der Waals surface area contributed by atoms with Crippen LogP contribution in [-0.4, -0.2) is 57.2 Å². The van der Waals surface area contributed by atoms with Gasteiger partial charge in [0, 0.05) is 17.2 Å². The Balaban J connectivity index is 1.74. The van der Waals surface area contributed by atoms with Crippen molar-refractivity contribution in [1.29, 1.82) is 0 Å². The molecular formula is C18H16B3F2N5O2. The van der Waals surface area contributed by atoms with Gasteiger partial charge in [0.15, 0.2) is 0 Å². The van der Waals surface area contributed by atoms with Gasteiger partial charge in [-0.15, -0.1) is 0 Å². The van der Waals surface area contributed by atoms with Gasteiger partial charge >= 0.3 is 0 Å². The van der Waals surface area contributed by atoms with E-state index in [2.05, 4.69) is 20.3 Å². The van der Waals surface area contributed by atoms with Crippen LogP contribution in [0.5, 0.6) is 5.88 Å². The number of amides is 1. The Kier molecular flexibility index (Phi) is 6.43. The number of amidine groups is 1. The highest BCUT2D eigenvalue weighted by molar-refractivity contribution is 6.58. The Morgan fingerprint density at radius 3 is 2.63 bits per heavy atom. The summed E-state index contributed by atoms with van der Waals surface area (Å²) >= 11 is 0. The average molecular weight is 405 g/mol. The van der Waals surface area contributed by atoms with Gasteiger partial charge in [-0.3, -0.25) is 14.2 Å². The summed E-state index contributed by atoms with van der Waals surface area (Å²) < 4.78 is 32.1. The monoisotopic (exact) mass is 405 g/mol. The van der Waals surface area contributed by atoms with Crippen molar-refractivity contribution in [2.24, 2.45) is 16.6 Å². The largest absolute Gasteiger partial charge is 0.500 e. The lowest BCUT2D eigenvalue weighted by molar-refractivity contribution is 0.102. The summed E-state index contributed by atoms with van der Waals surface area (Å²) in [6.07, 6.45) is 3.19.